The van der Waals surface area contributed by atoms with E-state index >= 15 is 0 Å². The number of thioether (sulfide) groups is 1. The van der Waals surface area contributed by atoms with Crippen LogP contribution in [0, 0.1) is 0 Å². The van der Waals surface area contributed by atoms with Gasteiger partial charge in [0.05, 0.1) is 16.8 Å². The molecule has 0 aliphatic carbocycles. The van der Waals surface area contributed by atoms with E-state index in [1.807, 2.05) is 41.3 Å². The Morgan fingerprint density at radius 3 is 2.58 bits per heavy atom. The van der Waals surface area contributed by atoms with E-state index in [9.17, 15) is 9.90 Å². The molecule has 0 amide bonds. The lowest BCUT2D eigenvalue weighted by atomic mass is 10.1. The number of pyridine rings is 1. The normalized spacial score (nSPS) is 11.0. The summed E-state index contributed by atoms with van der Waals surface area (Å²) in [5.74, 6) is -0.478. The number of hydrogen-bond acceptors (Lipinski definition) is 5. The van der Waals surface area contributed by atoms with Crippen molar-refractivity contribution < 1.29 is 9.90 Å². The van der Waals surface area contributed by atoms with Crippen molar-refractivity contribution >= 4 is 28.6 Å². The molecule has 6 nitrogen and oxygen atoms in total. The average Bonchev–Trinajstić information content (AvgIpc) is 3.07. The van der Waals surface area contributed by atoms with Gasteiger partial charge in [-0.15, -0.1) is 11.8 Å². The number of benzene rings is 1. The van der Waals surface area contributed by atoms with E-state index in [4.69, 9.17) is 0 Å². The summed E-state index contributed by atoms with van der Waals surface area (Å²) in [5, 5.41) is 10.3. The highest BCUT2D eigenvalue weighted by molar-refractivity contribution is 7.98. The van der Waals surface area contributed by atoms with Crippen molar-refractivity contribution in [1.29, 1.82) is 0 Å². The van der Waals surface area contributed by atoms with Crippen molar-refractivity contribution in [3.05, 3.63) is 66.7 Å². The number of rotatable bonds is 4. The number of aromatic carboxylic acids is 1. The van der Waals surface area contributed by atoms with Crippen molar-refractivity contribution in [1.82, 2.24) is 19.5 Å². The zero-order valence-electron chi connectivity index (χ0n) is 13.8. The minimum Gasteiger partial charge on any atom is -0.478 e. The fourth-order valence-corrected chi connectivity index (χ4v) is 3.37. The lowest BCUT2D eigenvalue weighted by Crippen LogP contribution is -2.01. The fourth-order valence-electron chi connectivity index (χ4n) is 2.77. The second-order valence-electron chi connectivity index (χ2n) is 5.59. The molecule has 0 saturated heterocycles. The SMILES string of the molecule is CSc1cn(-c2ncc(-c3ccccn3)cn2)c2cc(C(=O)O)ccc12. The first-order chi connectivity index (χ1) is 12.7. The molecule has 3 heterocycles. The van der Waals surface area contributed by atoms with Crippen LogP contribution in [0.1, 0.15) is 10.4 Å². The van der Waals surface area contributed by atoms with Crippen LogP contribution in [0.4, 0.5) is 0 Å². The number of fused-ring (bicyclic) bond motifs is 1. The third-order valence-corrected chi connectivity index (χ3v) is 4.82. The molecule has 0 spiro atoms. The summed E-state index contributed by atoms with van der Waals surface area (Å²) in [4.78, 5) is 25.6. The number of carboxylic acid groups (broad SMARTS) is 1. The molecule has 0 bridgehead atoms. The Kier molecular flexibility index (Phi) is 4.14. The van der Waals surface area contributed by atoms with Gasteiger partial charge in [0.15, 0.2) is 0 Å². The van der Waals surface area contributed by atoms with Gasteiger partial charge in [-0.05, 0) is 30.5 Å². The zero-order valence-corrected chi connectivity index (χ0v) is 14.6. The summed E-state index contributed by atoms with van der Waals surface area (Å²) < 4.78 is 1.82. The van der Waals surface area contributed by atoms with Crippen LogP contribution in [0.5, 0.6) is 0 Å². The first kappa shape index (κ1) is 16.3. The standard InChI is InChI=1S/C19H14N4O2S/c1-26-17-11-23(16-8-12(18(24)25)5-6-14(16)17)19-21-9-13(10-22-19)15-4-2-3-7-20-15/h2-11H,1H3,(H,24,25). The fraction of sp³-hybridized carbons (Fsp3) is 0.0526. The van der Waals surface area contributed by atoms with Crippen LogP contribution < -0.4 is 0 Å². The second kappa shape index (κ2) is 6.61. The Balaban J connectivity index is 1.83. The Morgan fingerprint density at radius 2 is 1.92 bits per heavy atom. The van der Waals surface area contributed by atoms with Crippen LogP contribution in [0.2, 0.25) is 0 Å². The molecule has 0 radical (unpaired) electrons. The van der Waals surface area contributed by atoms with Gasteiger partial charge in [0.2, 0.25) is 5.95 Å². The summed E-state index contributed by atoms with van der Waals surface area (Å²) in [7, 11) is 0. The van der Waals surface area contributed by atoms with E-state index < -0.39 is 5.97 Å². The van der Waals surface area contributed by atoms with Crippen molar-refractivity contribution in [3.63, 3.8) is 0 Å². The highest BCUT2D eigenvalue weighted by Crippen LogP contribution is 2.31. The van der Waals surface area contributed by atoms with E-state index in [1.54, 1.807) is 42.5 Å². The highest BCUT2D eigenvalue weighted by Gasteiger charge is 2.14. The van der Waals surface area contributed by atoms with Crippen LogP contribution in [-0.4, -0.2) is 36.9 Å². The van der Waals surface area contributed by atoms with Crippen LogP contribution in [0.15, 0.2) is 66.1 Å². The smallest absolute Gasteiger partial charge is 0.335 e. The molecule has 0 unspecified atom stereocenters. The summed E-state index contributed by atoms with van der Waals surface area (Å²) in [6, 6.07) is 10.7. The van der Waals surface area contributed by atoms with Crippen molar-refractivity contribution in [2.24, 2.45) is 0 Å². The molecule has 4 aromatic rings. The molecule has 0 saturated carbocycles. The van der Waals surface area contributed by atoms with E-state index in [1.165, 1.54) is 0 Å². The monoisotopic (exact) mass is 362 g/mol. The van der Waals surface area contributed by atoms with Crippen molar-refractivity contribution in [2.45, 2.75) is 4.90 Å². The Bertz CT molecular complexity index is 1090. The summed E-state index contributed by atoms with van der Waals surface area (Å²) in [6.45, 7) is 0. The van der Waals surface area contributed by atoms with E-state index in [0.29, 0.717) is 5.95 Å². The summed E-state index contributed by atoms with van der Waals surface area (Å²) in [5.41, 5.74) is 2.62. The van der Waals surface area contributed by atoms with Crippen LogP contribution in [0.3, 0.4) is 0 Å². The Hall–Kier alpha value is -3.19. The lowest BCUT2D eigenvalue weighted by Gasteiger charge is -2.05. The lowest BCUT2D eigenvalue weighted by molar-refractivity contribution is 0.0697. The number of nitrogens with zero attached hydrogens (tertiary/aromatic N) is 4. The number of carboxylic acids is 1. The maximum atomic E-state index is 11.3. The van der Waals surface area contributed by atoms with Gasteiger partial charge in [-0.1, -0.05) is 12.1 Å². The molecule has 0 fully saturated rings. The van der Waals surface area contributed by atoms with Crippen LogP contribution >= 0.6 is 11.8 Å². The third-order valence-electron chi connectivity index (χ3n) is 4.05. The molecule has 3 aromatic heterocycles. The average molecular weight is 362 g/mol. The molecule has 26 heavy (non-hydrogen) atoms. The quantitative estimate of drug-likeness (QED) is 0.555. The minimum absolute atomic E-state index is 0.231. The maximum Gasteiger partial charge on any atom is 0.335 e. The van der Waals surface area contributed by atoms with E-state index in [2.05, 4.69) is 15.0 Å². The molecule has 0 aliphatic heterocycles. The predicted octanol–water partition coefficient (Wildman–Crippen LogP) is 3.90. The largest absolute Gasteiger partial charge is 0.478 e. The summed E-state index contributed by atoms with van der Waals surface area (Å²) >= 11 is 1.59. The predicted molar refractivity (Wildman–Crippen MR) is 101 cm³/mol. The van der Waals surface area contributed by atoms with Gasteiger partial charge in [0, 0.05) is 40.6 Å². The van der Waals surface area contributed by atoms with Crippen LogP contribution in [0.25, 0.3) is 28.1 Å². The molecule has 0 atom stereocenters. The first-order valence-corrected chi connectivity index (χ1v) is 9.06. The third kappa shape index (κ3) is 2.82. The Morgan fingerprint density at radius 1 is 1.12 bits per heavy atom. The van der Waals surface area contributed by atoms with Gasteiger partial charge in [-0.2, -0.15) is 0 Å². The van der Waals surface area contributed by atoms with Gasteiger partial charge in [0.25, 0.3) is 0 Å². The van der Waals surface area contributed by atoms with Gasteiger partial charge >= 0.3 is 5.97 Å². The molecule has 128 valence electrons. The van der Waals surface area contributed by atoms with Crippen molar-refractivity contribution in [2.75, 3.05) is 6.26 Å². The molecular formula is C19H14N4O2S. The van der Waals surface area contributed by atoms with Gasteiger partial charge < -0.3 is 5.11 Å². The number of aromatic nitrogens is 4. The van der Waals surface area contributed by atoms with Gasteiger partial charge in [0.1, 0.15) is 0 Å². The highest BCUT2D eigenvalue weighted by atomic mass is 32.2. The van der Waals surface area contributed by atoms with E-state index in [0.717, 1.165) is 27.1 Å². The first-order valence-electron chi connectivity index (χ1n) is 7.83. The molecule has 7 heteroatoms. The number of carbonyl (C=O) groups is 1. The molecular weight excluding hydrogens is 348 g/mol. The number of hydrogen-bond donors (Lipinski definition) is 1. The van der Waals surface area contributed by atoms with Crippen LogP contribution in [-0.2, 0) is 0 Å². The Labute approximate surface area is 153 Å². The molecule has 4 rings (SSSR count). The second-order valence-corrected chi connectivity index (χ2v) is 6.44. The maximum absolute atomic E-state index is 11.3. The van der Waals surface area contributed by atoms with Gasteiger partial charge in [-0.25, -0.2) is 14.8 Å². The van der Waals surface area contributed by atoms with E-state index in [-0.39, 0.29) is 5.56 Å². The molecule has 0 aliphatic rings. The summed E-state index contributed by atoms with van der Waals surface area (Å²) in [6.07, 6.45) is 9.07. The van der Waals surface area contributed by atoms with Crippen molar-refractivity contribution in [3.8, 4) is 17.2 Å². The zero-order chi connectivity index (χ0) is 18.1. The molecule has 1 N–H and O–H groups in total. The molecule has 1 aromatic carbocycles. The topological polar surface area (TPSA) is 80.9 Å². The van der Waals surface area contributed by atoms with Gasteiger partial charge in [-0.3, -0.25) is 9.55 Å². The minimum atomic E-state index is -0.961.